The lowest BCUT2D eigenvalue weighted by molar-refractivity contribution is 0.327. The highest BCUT2D eigenvalue weighted by Gasteiger charge is 2.27. The van der Waals surface area contributed by atoms with Crippen molar-refractivity contribution in [3.8, 4) is 5.75 Å². The fourth-order valence-electron chi connectivity index (χ4n) is 2.62. The van der Waals surface area contributed by atoms with E-state index in [0.29, 0.717) is 0 Å². The topological polar surface area (TPSA) is 19.9 Å². The van der Waals surface area contributed by atoms with Gasteiger partial charge in [0.15, 0.2) is 5.75 Å². The summed E-state index contributed by atoms with van der Waals surface area (Å²) in [5, 5.41) is 12.9. The lowest BCUT2D eigenvalue weighted by Crippen LogP contribution is -2.17. The van der Waals surface area contributed by atoms with Gasteiger partial charge in [0.05, 0.1) is 0 Å². The minimum atomic E-state index is -0.159. The van der Waals surface area contributed by atoms with Gasteiger partial charge in [0.1, 0.15) is 0 Å². The Morgan fingerprint density at radius 2 is 1.13 bits per heavy atom. The van der Waals surface area contributed by atoms with Gasteiger partial charge in [-0.25, -0.2) is 0 Å². The van der Waals surface area contributed by atoms with Crippen LogP contribution in [0.25, 0.3) is 12.2 Å². The molecule has 0 aromatic heterocycles. The van der Waals surface area contributed by atoms with Crippen LogP contribution in [0.15, 0.2) is 42.5 Å². The van der Waals surface area contributed by atoms with Gasteiger partial charge >= 0.3 is 0 Å². The maximum absolute atomic E-state index is 12.9. The van der Waals surface area contributed by atoms with E-state index < -0.39 is 0 Å². The molecule has 0 bridgehead atoms. The molecule has 0 aliphatic carbocycles. The van der Waals surface area contributed by atoms with E-state index in [2.05, 4.69) is 65.8 Å². The Hall–Kier alpha value is -2.02. The normalized spacial score (nSPS) is 12.8. The van der Waals surface area contributed by atoms with Gasteiger partial charge in [-0.2, -0.15) is 0 Å². The van der Waals surface area contributed by atoms with Crippen molar-refractivity contribution in [2.45, 2.75) is 52.4 Å². The molecule has 1 radical (unpaired) electrons. The highest BCUT2D eigenvalue weighted by atomic mass is 16.3. The zero-order valence-corrected chi connectivity index (χ0v) is 15.1. The molecule has 0 saturated heterocycles. The minimum Gasteiger partial charge on any atom is -0.289 e. The Morgan fingerprint density at radius 3 is 1.57 bits per heavy atom. The second kappa shape index (κ2) is 6.23. The summed E-state index contributed by atoms with van der Waals surface area (Å²) in [5.41, 5.74) is 3.70. The zero-order valence-electron chi connectivity index (χ0n) is 15.1. The van der Waals surface area contributed by atoms with Crippen LogP contribution in [0.2, 0.25) is 0 Å². The van der Waals surface area contributed by atoms with E-state index in [0.717, 1.165) is 22.3 Å². The first kappa shape index (κ1) is 17.3. The van der Waals surface area contributed by atoms with E-state index in [9.17, 15) is 5.11 Å². The second-order valence-electron chi connectivity index (χ2n) is 8.19. The first-order chi connectivity index (χ1) is 10.6. The van der Waals surface area contributed by atoms with Crippen molar-refractivity contribution in [3.05, 3.63) is 64.7 Å². The van der Waals surface area contributed by atoms with Gasteiger partial charge in [0.2, 0.25) is 0 Å². The molecule has 2 aromatic rings. The maximum Gasteiger partial charge on any atom is 0.186 e. The summed E-state index contributed by atoms with van der Waals surface area (Å²) in [5.74, 6) is 0.182. The fraction of sp³-hybridized carbons (Fsp3) is 0.364. The molecule has 0 unspecified atom stereocenters. The summed E-state index contributed by atoms with van der Waals surface area (Å²) in [4.78, 5) is 0. The van der Waals surface area contributed by atoms with Gasteiger partial charge in [0, 0.05) is 11.1 Å². The van der Waals surface area contributed by atoms with Gasteiger partial charge < -0.3 is 0 Å². The molecule has 1 heteroatoms. The molecular formula is C22H27O. The van der Waals surface area contributed by atoms with Crippen LogP contribution in [0.4, 0.5) is 0 Å². The highest BCUT2D eigenvalue weighted by molar-refractivity contribution is 5.71. The molecule has 2 rings (SSSR count). The molecule has 23 heavy (non-hydrogen) atoms. The summed E-state index contributed by atoms with van der Waals surface area (Å²) in [6.07, 6.45) is 4.19. The number of hydrogen-bond acceptors (Lipinski definition) is 0. The van der Waals surface area contributed by atoms with Gasteiger partial charge in [-0.05, 0) is 34.1 Å². The average molecular weight is 307 g/mol. The molecule has 0 aliphatic rings. The largest absolute Gasteiger partial charge is 0.289 e. The first-order valence-corrected chi connectivity index (χ1v) is 8.18. The van der Waals surface area contributed by atoms with Crippen molar-refractivity contribution in [3.63, 3.8) is 0 Å². The molecule has 0 fully saturated rings. The van der Waals surface area contributed by atoms with E-state index >= 15 is 0 Å². The minimum absolute atomic E-state index is 0.159. The van der Waals surface area contributed by atoms with Gasteiger partial charge in [-0.15, -0.1) is 0 Å². The molecule has 0 aliphatic heterocycles. The van der Waals surface area contributed by atoms with E-state index in [4.69, 9.17) is 0 Å². The Balaban J connectivity index is 2.54. The Kier molecular flexibility index (Phi) is 4.70. The van der Waals surface area contributed by atoms with Crippen LogP contribution in [-0.2, 0) is 15.9 Å². The Bertz CT molecular complexity index is 660. The lowest BCUT2D eigenvalue weighted by Gasteiger charge is -2.26. The first-order valence-electron chi connectivity index (χ1n) is 8.18. The molecule has 0 heterocycles. The summed E-state index contributed by atoms with van der Waals surface area (Å²) in [6.45, 7) is 12.6. The highest BCUT2D eigenvalue weighted by Crippen LogP contribution is 2.40. The van der Waals surface area contributed by atoms with E-state index in [1.165, 1.54) is 0 Å². The molecule has 0 spiro atoms. The third kappa shape index (κ3) is 4.25. The van der Waals surface area contributed by atoms with Crippen LogP contribution in [0, 0.1) is 0 Å². The molecule has 0 atom stereocenters. The standard InChI is InChI=1S/C22H27O/c1-21(2,3)18-14-17(13-12-16-10-8-7-9-11-16)15-19(20(18)23)22(4,5)6/h7-15H,1-6H3/b13-12+. The molecule has 2 aromatic carbocycles. The average Bonchev–Trinajstić information content (AvgIpc) is 2.44. The molecule has 121 valence electrons. The summed E-state index contributed by atoms with van der Waals surface area (Å²) in [6, 6.07) is 14.3. The SMILES string of the molecule is CC(C)(C)c1cc(/C=C/c2ccccc2)cc(C(C)(C)C)c1[O]. The van der Waals surface area contributed by atoms with Gasteiger partial charge in [0.25, 0.3) is 0 Å². The van der Waals surface area contributed by atoms with Crippen molar-refractivity contribution in [1.82, 2.24) is 0 Å². The third-order valence-corrected chi connectivity index (χ3v) is 4.00. The van der Waals surface area contributed by atoms with Crippen molar-refractivity contribution in [2.24, 2.45) is 0 Å². The van der Waals surface area contributed by atoms with E-state index in [1.54, 1.807) is 0 Å². The van der Waals surface area contributed by atoms with Crippen LogP contribution >= 0.6 is 0 Å². The van der Waals surface area contributed by atoms with Crippen LogP contribution < -0.4 is 0 Å². The van der Waals surface area contributed by atoms with Crippen LogP contribution in [0.5, 0.6) is 5.75 Å². The number of rotatable bonds is 2. The van der Waals surface area contributed by atoms with Crippen molar-refractivity contribution in [1.29, 1.82) is 0 Å². The summed E-state index contributed by atoms with van der Waals surface area (Å²) >= 11 is 0. The van der Waals surface area contributed by atoms with Gasteiger partial charge in [-0.3, -0.25) is 5.11 Å². The summed E-state index contributed by atoms with van der Waals surface area (Å²) in [7, 11) is 0. The predicted octanol–water partition coefficient (Wildman–Crippen LogP) is 6.60. The van der Waals surface area contributed by atoms with Crippen LogP contribution in [-0.4, -0.2) is 0 Å². The molecule has 0 N–H and O–H groups in total. The van der Waals surface area contributed by atoms with E-state index in [1.807, 2.05) is 30.3 Å². The summed E-state index contributed by atoms with van der Waals surface area (Å²) < 4.78 is 0. The zero-order chi connectivity index (χ0) is 17.3. The third-order valence-electron chi connectivity index (χ3n) is 4.00. The monoisotopic (exact) mass is 307 g/mol. The quantitative estimate of drug-likeness (QED) is 0.557. The number of hydrogen-bond donors (Lipinski definition) is 0. The lowest BCUT2D eigenvalue weighted by atomic mass is 9.78. The van der Waals surface area contributed by atoms with E-state index in [-0.39, 0.29) is 16.6 Å². The van der Waals surface area contributed by atoms with Gasteiger partial charge in [-0.1, -0.05) is 84.0 Å². The van der Waals surface area contributed by atoms with Crippen LogP contribution in [0.3, 0.4) is 0 Å². The van der Waals surface area contributed by atoms with Crippen molar-refractivity contribution >= 4 is 12.2 Å². The molecule has 0 saturated carbocycles. The smallest absolute Gasteiger partial charge is 0.186 e. The molecular weight excluding hydrogens is 280 g/mol. The maximum atomic E-state index is 12.9. The Labute approximate surface area is 140 Å². The Morgan fingerprint density at radius 1 is 0.696 bits per heavy atom. The predicted molar refractivity (Wildman–Crippen MR) is 99.3 cm³/mol. The van der Waals surface area contributed by atoms with Crippen molar-refractivity contribution < 1.29 is 5.11 Å². The fourth-order valence-corrected chi connectivity index (χ4v) is 2.62. The second-order valence-corrected chi connectivity index (χ2v) is 8.19. The van der Waals surface area contributed by atoms with Crippen molar-refractivity contribution in [2.75, 3.05) is 0 Å². The molecule has 0 amide bonds. The number of benzene rings is 2. The van der Waals surface area contributed by atoms with Crippen LogP contribution in [0.1, 0.15) is 63.8 Å². The molecule has 1 nitrogen and oxygen atoms in total.